The van der Waals surface area contributed by atoms with Gasteiger partial charge in [-0.15, -0.1) is 0 Å². The number of carbonyl (C=O) groups is 2. The molecule has 3 fully saturated rings. The number of amides is 1. The molecule has 5 atom stereocenters. The third-order valence-electron chi connectivity index (χ3n) is 5.49. The van der Waals surface area contributed by atoms with Crippen LogP contribution in [0.5, 0.6) is 0 Å². The Morgan fingerprint density at radius 1 is 1.41 bits per heavy atom. The van der Waals surface area contributed by atoms with Crippen LogP contribution in [-0.4, -0.2) is 18.0 Å². The molecule has 0 aromatic heterocycles. The molecular weight excluding hydrogens is 346 g/mol. The molecule has 1 saturated heterocycles. The van der Waals surface area contributed by atoms with Gasteiger partial charge in [-0.1, -0.05) is 22.9 Å². The van der Waals surface area contributed by atoms with Gasteiger partial charge in [0.05, 0.1) is 11.8 Å². The van der Waals surface area contributed by atoms with Crippen LogP contribution in [-0.2, 0) is 20.7 Å². The summed E-state index contributed by atoms with van der Waals surface area (Å²) in [6, 6.07) is 5.87. The van der Waals surface area contributed by atoms with Crippen molar-refractivity contribution in [2.75, 3.05) is 5.32 Å². The molecule has 0 spiro atoms. The molecule has 1 N–H and O–H groups in total. The molecule has 1 aliphatic heterocycles. The van der Waals surface area contributed by atoms with E-state index in [4.69, 9.17) is 4.74 Å². The van der Waals surface area contributed by atoms with E-state index in [-0.39, 0.29) is 35.7 Å². The molecule has 4 rings (SSSR count). The highest BCUT2D eigenvalue weighted by molar-refractivity contribution is 9.10. The van der Waals surface area contributed by atoms with E-state index >= 15 is 0 Å². The number of rotatable bonds is 3. The Hall–Kier alpha value is -1.36. The third-order valence-corrected chi connectivity index (χ3v) is 5.99. The van der Waals surface area contributed by atoms with Crippen LogP contribution in [0.25, 0.3) is 0 Å². The molecule has 3 aliphatic rings. The predicted octanol–water partition coefficient (Wildman–Crippen LogP) is 3.15. The average Bonchev–Trinajstić information content (AvgIpc) is 3.10. The van der Waals surface area contributed by atoms with Crippen molar-refractivity contribution in [2.24, 2.45) is 23.7 Å². The van der Waals surface area contributed by atoms with Crippen LogP contribution in [0.1, 0.15) is 25.3 Å². The second-order valence-corrected chi connectivity index (χ2v) is 7.48. The fraction of sp³-hybridized carbons (Fsp3) is 0.529. The van der Waals surface area contributed by atoms with Crippen molar-refractivity contribution >= 4 is 33.5 Å². The van der Waals surface area contributed by atoms with Crippen molar-refractivity contribution in [3.8, 4) is 0 Å². The van der Waals surface area contributed by atoms with Crippen LogP contribution < -0.4 is 5.32 Å². The lowest BCUT2D eigenvalue weighted by Crippen LogP contribution is -2.36. The number of ether oxygens (including phenoxy) is 1. The minimum absolute atomic E-state index is 0.0215. The molecule has 2 saturated carbocycles. The zero-order valence-electron chi connectivity index (χ0n) is 12.3. The van der Waals surface area contributed by atoms with Gasteiger partial charge in [-0.2, -0.15) is 0 Å². The van der Waals surface area contributed by atoms with E-state index in [2.05, 4.69) is 28.2 Å². The van der Waals surface area contributed by atoms with Crippen molar-refractivity contribution in [1.29, 1.82) is 0 Å². The second-order valence-electron chi connectivity index (χ2n) is 6.57. The van der Waals surface area contributed by atoms with Gasteiger partial charge in [-0.05, 0) is 48.9 Å². The van der Waals surface area contributed by atoms with Gasteiger partial charge in [-0.25, -0.2) is 0 Å². The first-order valence-corrected chi connectivity index (χ1v) is 8.67. The molecule has 1 aromatic rings. The molecule has 5 heteroatoms. The number of halogens is 1. The normalized spacial score (nSPS) is 34.8. The molecule has 1 heterocycles. The van der Waals surface area contributed by atoms with Gasteiger partial charge in [0, 0.05) is 16.1 Å². The molecule has 0 unspecified atom stereocenters. The summed E-state index contributed by atoms with van der Waals surface area (Å²) in [5.74, 6) is -0.0573. The molecule has 2 bridgehead atoms. The van der Waals surface area contributed by atoms with Crippen LogP contribution in [0, 0.1) is 23.7 Å². The number of hydrogen-bond acceptors (Lipinski definition) is 3. The lowest BCUT2D eigenvalue weighted by molar-refractivity contribution is -0.145. The van der Waals surface area contributed by atoms with Crippen LogP contribution in [0.3, 0.4) is 0 Å². The first-order valence-electron chi connectivity index (χ1n) is 7.88. The van der Waals surface area contributed by atoms with E-state index in [1.165, 1.54) is 0 Å². The highest BCUT2D eigenvalue weighted by Crippen LogP contribution is 2.57. The van der Waals surface area contributed by atoms with Gasteiger partial charge in [0.2, 0.25) is 5.91 Å². The Kier molecular flexibility index (Phi) is 3.29. The summed E-state index contributed by atoms with van der Waals surface area (Å²) in [7, 11) is 0. The van der Waals surface area contributed by atoms with E-state index in [0.717, 1.165) is 35.0 Å². The van der Waals surface area contributed by atoms with E-state index in [9.17, 15) is 9.59 Å². The highest BCUT2D eigenvalue weighted by atomic mass is 79.9. The van der Waals surface area contributed by atoms with E-state index in [1.807, 2.05) is 18.2 Å². The molecule has 4 nitrogen and oxygen atoms in total. The highest BCUT2D eigenvalue weighted by Gasteiger charge is 2.63. The number of benzene rings is 1. The van der Waals surface area contributed by atoms with Crippen molar-refractivity contribution < 1.29 is 14.3 Å². The molecule has 2 aliphatic carbocycles. The van der Waals surface area contributed by atoms with Gasteiger partial charge in [0.1, 0.15) is 6.10 Å². The number of carbonyl (C=O) groups excluding carboxylic acids is 2. The van der Waals surface area contributed by atoms with Crippen LogP contribution in [0.4, 0.5) is 5.69 Å². The molecule has 0 radical (unpaired) electrons. The maximum absolute atomic E-state index is 12.8. The topological polar surface area (TPSA) is 55.4 Å². The maximum Gasteiger partial charge on any atom is 0.310 e. The Balaban J connectivity index is 1.57. The quantitative estimate of drug-likeness (QED) is 0.839. The first kappa shape index (κ1) is 14.2. The fourth-order valence-electron chi connectivity index (χ4n) is 4.56. The number of fused-ring (bicyclic) bond motifs is 1. The van der Waals surface area contributed by atoms with Crippen molar-refractivity contribution in [3.05, 3.63) is 28.2 Å². The lowest BCUT2D eigenvalue weighted by atomic mass is 9.79. The molecule has 1 amide bonds. The van der Waals surface area contributed by atoms with Gasteiger partial charge < -0.3 is 10.1 Å². The number of anilines is 1. The van der Waals surface area contributed by atoms with E-state index in [0.29, 0.717) is 5.92 Å². The van der Waals surface area contributed by atoms with Crippen molar-refractivity contribution in [3.63, 3.8) is 0 Å². The van der Waals surface area contributed by atoms with Crippen LogP contribution in [0.15, 0.2) is 22.7 Å². The summed E-state index contributed by atoms with van der Waals surface area (Å²) < 4.78 is 6.41. The largest absolute Gasteiger partial charge is 0.462 e. The zero-order valence-corrected chi connectivity index (χ0v) is 13.9. The standard InChI is InChI=1S/C17H18BrNO3/c1-2-8-5-10(18)3-4-12(8)19-16(20)14-9-6-11-13(7-9)22-17(21)15(11)14/h3-5,9,11,13-15H,2,6-7H2,1H3,(H,19,20)/t9-,11-,13-,14+,15+/m1/s1. The van der Waals surface area contributed by atoms with E-state index in [1.54, 1.807) is 0 Å². The first-order chi connectivity index (χ1) is 10.6. The minimum atomic E-state index is -0.218. The SMILES string of the molecule is CCc1cc(Br)ccc1NC(=O)[C@H]1[C@@H]2C[C@H]3[C@@H]1C(=O)O[C@@H]3C2. The summed E-state index contributed by atoms with van der Waals surface area (Å²) in [6.45, 7) is 2.06. The lowest BCUT2D eigenvalue weighted by Gasteiger charge is -2.24. The summed E-state index contributed by atoms with van der Waals surface area (Å²) >= 11 is 3.46. The summed E-state index contributed by atoms with van der Waals surface area (Å²) in [5, 5.41) is 3.05. The van der Waals surface area contributed by atoms with Gasteiger partial charge in [0.25, 0.3) is 0 Å². The van der Waals surface area contributed by atoms with Gasteiger partial charge >= 0.3 is 5.97 Å². The average molecular weight is 364 g/mol. The maximum atomic E-state index is 12.8. The number of nitrogens with one attached hydrogen (secondary N) is 1. The number of aryl methyl sites for hydroxylation is 1. The number of esters is 1. The van der Waals surface area contributed by atoms with Gasteiger partial charge in [0.15, 0.2) is 0 Å². The fourth-order valence-corrected chi connectivity index (χ4v) is 4.96. The van der Waals surface area contributed by atoms with Crippen LogP contribution in [0.2, 0.25) is 0 Å². The number of hydrogen-bond donors (Lipinski definition) is 1. The van der Waals surface area contributed by atoms with Crippen molar-refractivity contribution in [2.45, 2.75) is 32.3 Å². The minimum Gasteiger partial charge on any atom is -0.462 e. The Morgan fingerprint density at radius 3 is 3.00 bits per heavy atom. The Labute approximate surface area is 137 Å². The smallest absolute Gasteiger partial charge is 0.310 e. The second kappa shape index (κ2) is 5.08. The Morgan fingerprint density at radius 2 is 2.23 bits per heavy atom. The summed E-state index contributed by atoms with van der Waals surface area (Å²) in [4.78, 5) is 24.8. The molecular formula is C17H18BrNO3. The van der Waals surface area contributed by atoms with Crippen molar-refractivity contribution in [1.82, 2.24) is 0 Å². The monoisotopic (exact) mass is 363 g/mol. The zero-order chi connectivity index (χ0) is 15.4. The predicted molar refractivity (Wildman–Crippen MR) is 85.2 cm³/mol. The summed E-state index contributed by atoms with van der Waals surface area (Å²) in [5.41, 5.74) is 1.94. The molecule has 22 heavy (non-hydrogen) atoms. The van der Waals surface area contributed by atoms with Gasteiger partial charge in [-0.3, -0.25) is 9.59 Å². The Bertz CT molecular complexity index is 657. The summed E-state index contributed by atoms with van der Waals surface area (Å²) in [6.07, 6.45) is 2.73. The molecule has 116 valence electrons. The van der Waals surface area contributed by atoms with E-state index < -0.39 is 0 Å². The van der Waals surface area contributed by atoms with Crippen LogP contribution >= 0.6 is 15.9 Å². The third kappa shape index (κ3) is 2.02. The molecule has 1 aromatic carbocycles.